The van der Waals surface area contributed by atoms with E-state index in [0.29, 0.717) is 24.6 Å². The average molecular weight is 351 g/mol. The van der Waals surface area contributed by atoms with Crippen LogP contribution in [0.5, 0.6) is 0 Å². The molecule has 6 heteroatoms. The van der Waals surface area contributed by atoms with Crippen molar-refractivity contribution in [2.45, 2.75) is 37.4 Å². The van der Waals surface area contributed by atoms with Gasteiger partial charge < -0.3 is 4.74 Å². The Morgan fingerprint density at radius 3 is 2.61 bits per heavy atom. The Hall–Kier alpha value is -1.21. The standard InChI is InChI=1S/C17H21NO3S2/c1-14-4-2-3-5-15(14)12-21-16-6-9-18(10-7-16)23(19,20)17-8-11-22-13-17/h2-5,8,11,13,16H,6-7,9-10,12H2,1H3. The van der Waals surface area contributed by atoms with Crippen molar-refractivity contribution in [2.24, 2.45) is 0 Å². The Balaban J connectivity index is 1.54. The third kappa shape index (κ3) is 3.83. The smallest absolute Gasteiger partial charge is 0.243 e. The molecule has 0 radical (unpaired) electrons. The number of rotatable bonds is 5. The fourth-order valence-electron chi connectivity index (χ4n) is 2.77. The molecule has 1 aliphatic rings. The first-order valence-corrected chi connectivity index (χ1v) is 10.1. The number of sulfonamides is 1. The number of nitrogens with zero attached hydrogens (tertiary/aromatic N) is 1. The summed E-state index contributed by atoms with van der Waals surface area (Å²) in [6, 6.07) is 9.86. The highest BCUT2D eigenvalue weighted by Crippen LogP contribution is 2.24. The molecule has 4 nitrogen and oxygen atoms in total. The molecule has 1 fully saturated rings. The van der Waals surface area contributed by atoms with Crippen molar-refractivity contribution in [2.75, 3.05) is 13.1 Å². The summed E-state index contributed by atoms with van der Waals surface area (Å²) in [6.45, 7) is 3.72. The van der Waals surface area contributed by atoms with Crippen molar-refractivity contribution in [3.8, 4) is 0 Å². The van der Waals surface area contributed by atoms with Gasteiger partial charge in [0.05, 0.1) is 17.6 Å². The Morgan fingerprint density at radius 2 is 1.96 bits per heavy atom. The molecule has 1 saturated heterocycles. The number of thiophene rings is 1. The van der Waals surface area contributed by atoms with E-state index in [-0.39, 0.29) is 6.10 Å². The molecule has 3 rings (SSSR count). The Labute approximate surface area is 141 Å². The first-order valence-electron chi connectivity index (χ1n) is 7.76. The van der Waals surface area contributed by atoms with Crippen molar-refractivity contribution in [1.82, 2.24) is 4.31 Å². The number of hydrogen-bond acceptors (Lipinski definition) is 4. The number of ether oxygens (including phenoxy) is 1. The zero-order valence-corrected chi connectivity index (χ0v) is 14.8. The maximum Gasteiger partial charge on any atom is 0.243 e. The molecule has 0 aliphatic carbocycles. The monoisotopic (exact) mass is 351 g/mol. The van der Waals surface area contributed by atoms with Gasteiger partial charge in [0.25, 0.3) is 0 Å². The first kappa shape index (κ1) is 16.6. The highest BCUT2D eigenvalue weighted by atomic mass is 32.2. The van der Waals surface area contributed by atoms with E-state index in [1.54, 1.807) is 21.1 Å². The van der Waals surface area contributed by atoms with E-state index in [1.807, 2.05) is 12.1 Å². The van der Waals surface area contributed by atoms with Gasteiger partial charge in [-0.1, -0.05) is 24.3 Å². The van der Waals surface area contributed by atoms with Gasteiger partial charge in [0.1, 0.15) is 0 Å². The summed E-state index contributed by atoms with van der Waals surface area (Å²) in [7, 11) is -3.33. The van der Waals surface area contributed by atoms with Crippen LogP contribution in [-0.4, -0.2) is 31.9 Å². The number of hydrogen-bond donors (Lipinski definition) is 0. The third-order valence-electron chi connectivity index (χ3n) is 4.27. The van der Waals surface area contributed by atoms with Gasteiger partial charge in [-0.05, 0) is 42.3 Å². The van der Waals surface area contributed by atoms with Crippen LogP contribution in [0.2, 0.25) is 0 Å². The molecule has 0 saturated carbocycles. The lowest BCUT2D eigenvalue weighted by atomic mass is 10.1. The molecular formula is C17H21NO3S2. The Morgan fingerprint density at radius 1 is 1.22 bits per heavy atom. The Bertz CT molecular complexity index is 733. The van der Waals surface area contributed by atoms with Crippen molar-refractivity contribution < 1.29 is 13.2 Å². The molecule has 124 valence electrons. The molecule has 0 atom stereocenters. The predicted octanol–water partition coefficient (Wildman–Crippen LogP) is 3.43. The van der Waals surface area contributed by atoms with Crippen molar-refractivity contribution in [1.29, 1.82) is 0 Å². The molecule has 0 bridgehead atoms. The number of piperidine rings is 1. The van der Waals surface area contributed by atoms with Crippen LogP contribution in [0, 0.1) is 6.92 Å². The van der Waals surface area contributed by atoms with Crippen molar-refractivity contribution in [3.63, 3.8) is 0 Å². The average Bonchev–Trinajstić information content (AvgIpc) is 3.10. The zero-order valence-electron chi connectivity index (χ0n) is 13.1. The van der Waals surface area contributed by atoms with E-state index in [1.165, 1.54) is 22.5 Å². The molecule has 0 unspecified atom stereocenters. The molecule has 1 aliphatic heterocycles. The van der Waals surface area contributed by atoms with Gasteiger partial charge in [0.15, 0.2) is 0 Å². The van der Waals surface area contributed by atoms with Gasteiger partial charge >= 0.3 is 0 Å². The molecule has 2 heterocycles. The van der Waals surface area contributed by atoms with E-state index in [9.17, 15) is 8.42 Å². The largest absolute Gasteiger partial charge is 0.373 e. The maximum atomic E-state index is 12.5. The van der Waals surface area contributed by atoms with E-state index in [2.05, 4.69) is 19.1 Å². The van der Waals surface area contributed by atoms with Crippen LogP contribution in [0.1, 0.15) is 24.0 Å². The fraction of sp³-hybridized carbons (Fsp3) is 0.412. The van der Waals surface area contributed by atoms with Gasteiger partial charge in [-0.25, -0.2) is 8.42 Å². The minimum Gasteiger partial charge on any atom is -0.373 e. The lowest BCUT2D eigenvalue weighted by Crippen LogP contribution is -2.40. The SMILES string of the molecule is Cc1ccccc1COC1CCN(S(=O)(=O)c2ccsc2)CC1. The highest BCUT2D eigenvalue weighted by molar-refractivity contribution is 7.89. The van der Waals surface area contributed by atoms with Crippen molar-refractivity contribution >= 4 is 21.4 Å². The van der Waals surface area contributed by atoms with E-state index < -0.39 is 10.0 Å². The van der Waals surface area contributed by atoms with E-state index >= 15 is 0 Å². The molecule has 0 N–H and O–H groups in total. The van der Waals surface area contributed by atoms with Crippen LogP contribution < -0.4 is 0 Å². The molecule has 23 heavy (non-hydrogen) atoms. The summed E-state index contributed by atoms with van der Waals surface area (Å²) < 4.78 is 32.5. The van der Waals surface area contributed by atoms with Gasteiger partial charge in [-0.3, -0.25) is 0 Å². The minimum absolute atomic E-state index is 0.128. The van der Waals surface area contributed by atoms with Gasteiger partial charge in [-0.15, -0.1) is 0 Å². The quantitative estimate of drug-likeness (QED) is 0.829. The summed E-state index contributed by atoms with van der Waals surface area (Å²) in [5.41, 5.74) is 2.42. The summed E-state index contributed by atoms with van der Waals surface area (Å²) in [5.74, 6) is 0. The van der Waals surface area contributed by atoms with Crippen LogP contribution in [0.15, 0.2) is 46.0 Å². The summed E-state index contributed by atoms with van der Waals surface area (Å²) in [5, 5.41) is 3.49. The maximum absolute atomic E-state index is 12.5. The molecule has 0 amide bonds. The lowest BCUT2D eigenvalue weighted by Gasteiger charge is -2.31. The highest BCUT2D eigenvalue weighted by Gasteiger charge is 2.29. The van der Waals surface area contributed by atoms with E-state index in [0.717, 1.165) is 12.8 Å². The molecule has 1 aromatic heterocycles. The second-order valence-corrected chi connectivity index (χ2v) is 8.52. The second-order valence-electron chi connectivity index (χ2n) is 5.80. The van der Waals surface area contributed by atoms with Crippen molar-refractivity contribution in [3.05, 3.63) is 52.2 Å². The molecule has 2 aromatic rings. The minimum atomic E-state index is -3.33. The van der Waals surface area contributed by atoms with Gasteiger partial charge in [-0.2, -0.15) is 15.6 Å². The van der Waals surface area contributed by atoms with Crippen LogP contribution in [0.25, 0.3) is 0 Å². The second kappa shape index (κ2) is 7.13. The van der Waals surface area contributed by atoms with Crippen LogP contribution in [0.3, 0.4) is 0 Å². The van der Waals surface area contributed by atoms with Gasteiger partial charge in [0, 0.05) is 18.5 Å². The van der Waals surface area contributed by atoms with Crippen LogP contribution in [0.4, 0.5) is 0 Å². The summed E-state index contributed by atoms with van der Waals surface area (Å²) in [6.07, 6.45) is 1.62. The van der Waals surface area contributed by atoms with Gasteiger partial charge in [0.2, 0.25) is 10.0 Å². The zero-order chi connectivity index (χ0) is 16.3. The van der Waals surface area contributed by atoms with Crippen LogP contribution >= 0.6 is 11.3 Å². The predicted molar refractivity (Wildman–Crippen MR) is 92.1 cm³/mol. The van der Waals surface area contributed by atoms with Crippen LogP contribution in [-0.2, 0) is 21.4 Å². The fourth-order valence-corrected chi connectivity index (χ4v) is 5.25. The number of benzene rings is 1. The molecular weight excluding hydrogens is 330 g/mol. The topological polar surface area (TPSA) is 46.6 Å². The summed E-state index contributed by atoms with van der Waals surface area (Å²) in [4.78, 5) is 0.404. The molecule has 1 aromatic carbocycles. The normalized spacial score (nSPS) is 17.4. The first-order chi connectivity index (χ1) is 11.1. The third-order valence-corrected chi connectivity index (χ3v) is 7.00. The molecule has 0 spiro atoms. The lowest BCUT2D eigenvalue weighted by molar-refractivity contribution is 0.00999. The summed E-state index contributed by atoms with van der Waals surface area (Å²) >= 11 is 1.41. The van der Waals surface area contributed by atoms with E-state index in [4.69, 9.17) is 4.74 Å². The number of aryl methyl sites for hydroxylation is 1. The Kier molecular flexibility index (Phi) is 5.16.